The van der Waals surface area contributed by atoms with Crippen molar-refractivity contribution in [1.82, 2.24) is 5.32 Å². The maximum absolute atomic E-state index is 13.6. The topological polar surface area (TPSA) is 41.5 Å². The van der Waals surface area contributed by atoms with E-state index in [0.29, 0.717) is 6.54 Å². The second-order valence-electron chi connectivity index (χ2n) is 4.63. The molecule has 0 aliphatic rings. The number of hydrogen-bond acceptors (Lipinski definition) is 3. The van der Waals surface area contributed by atoms with E-state index < -0.39 is 0 Å². The summed E-state index contributed by atoms with van der Waals surface area (Å²) in [5, 5.41) is 12.9. The third-order valence-electron chi connectivity index (χ3n) is 3.27. The fourth-order valence-electron chi connectivity index (χ4n) is 1.99. The van der Waals surface area contributed by atoms with Crippen molar-refractivity contribution in [3.63, 3.8) is 0 Å². The molecule has 0 bridgehead atoms. The summed E-state index contributed by atoms with van der Waals surface area (Å²) in [5.41, 5.74) is 1.65. The summed E-state index contributed by atoms with van der Waals surface area (Å²) < 4.78 is 18.5. The molecule has 2 aromatic carbocycles. The number of benzene rings is 2. The first-order valence-electron chi connectivity index (χ1n) is 6.45. The minimum Gasteiger partial charge on any atom is -0.508 e. The molecule has 0 saturated heterocycles. The molecule has 0 amide bonds. The van der Waals surface area contributed by atoms with Crippen LogP contribution < -0.4 is 10.1 Å². The van der Waals surface area contributed by atoms with Crippen LogP contribution in [0.2, 0.25) is 0 Å². The van der Waals surface area contributed by atoms with E-state index in [1.165, 1.54) is 13.2 Å². The van der Waals surface area contributed by atoms with Crippen molar-refractivity contribution < 1.29 is 14.2 Å². The van der Waals surface area contributed by atoms with Crippen molar-refractivity contribution in [3.05, 3.63) is 59.4 Å². The van der Waals surface area contributed by atoms with Crippen LogP contribution in [0.3, 0.4) is 0 Å². The SMILES string of the molecule is COc1ccc(C(C)NCc2ccccc2O)cc1F. The van der Waals surface area contributed by atoms with E-state index >= 15 is 0 Å². The van der Waals surface area contributed by atoms with Crippen LogP contribution in [0.4, 0.5) is 4.39 Å². The highest BCUT2D eigenvalue weighted by Crippen LogP contribution is 2.22. The van der Waals surface area contributed by atoms with Gasteiger partial charge in [0.05, 0.1) is 7.11 Å². The van der Waals surface area contributed by atoms with Gasteiger partial charge in [-0.25, -0.2) is 4.39 Å². The van der Waals surface area contributed by atoms with Crippen molar-refractivity contribution in [1.29, 1.82) is 0 Å². The molecule has 1 unspecified atom stereocenters. The summed E-state index contributed by atoms with van der Waals surface area (Å²) in [6, 6.07) is 12.0. The highest BCUT2D eigenvalue weighted by atomic mass is 19.1. The zero-order chi connectivity index (χ0) is 14.5. The lowest BCUT2D eigenvalue weighted by Crippen LogP contribution is -2.18. The van der Waals surface area contributed by atoms with Crippen LogP contribution >= 0.6 is 0 Å². The lowest BCUT2D eigenvalue weighted by atomic mass is 10.1. The molecule has 0 radical (unpaired) electrons. The highest BCUT2D eigenvalue weighted by Gasteiger charge is 2.10. The van der Waals surface area contributed by atoms with Gasteiger partial charge in [-0.2, -0.15) is 0 Å². The molecule has 2 N–H and O–H groups in total. The standard InChI is InChI=1S/C16H18FNO2/c1-11(12-7-8-16(20-2)14(17)9-12)18-10-13-5-3-4-6-15(13)19/h3-9,11,18-19H,10H2,1-2H3. The molecule has 0 spiro atoms. The lowest BCUT2D eigenvalue weighted by molar-refractivity contribution is 0.385. The van der Waals surface area contributed by atoms with Crippen LogP contribution in [0.1, 0.15) is 24.1 Å². The van der Waals surface area contributed by atoms with E-state index in [4.69, 9.17) is 4.74 Å². The van der Waals surface area contributed by atoms with Crippen molar-refractivity contribution >= 4 is 0 Å². The average Bonchev–Trinajstić information content (AvgIpc) is 2.46. The number of ether oxygens (including phenoxy) is 1. The molecule has 2 rings (SSSR count). The quantitative estimate of drug-likeness (QED) is 0.879. The van der Waals surface area contributed by atoms with Crippen molar-refractivity contribution in [2.75, 3.05) is 7.11 Å². The zero-order valence-electron chi connectivity index (χ0n) is 11.6. The molecule has 0 aliphatic heterocycles. The van der Waals surface area contributed by atoms with Gasteiger partial charge >= 0.3 is 0 Å². The van der Waals surface area contributed by atoms with E-state index in [1.807, 2.05) is 25.1 Å². The van der Waals surface area contributed by atoms with Crippen molar-refractivity contribution in [2.45, 2.75) is 19.5 Å². The van der Waals surface area contributed by atoms with E-state index in [-0.39, 0.29) is 23.4 Å². The molecule has 1 atom stereocenters. The number of rotatable bonds is 5. The number of halogens is 1. The van der Waals surface area contributed by atoms with E-state index in [2.05, 4.69) is 5.32 Å². The Morgan fingerprint density at radius 3 is 2.65 bits per heavy atom. The van der Waals surface area contributed by atoms with Crippen LogP contribution in [0.25, 0.3) is 0 Å². The third-order valence-corrected chi connectivity index (χ3v) is 3.27. The molecule has 0 fully saturated rings. The minimum atomic E-state index is -0.374. The number of aromatic hydroxyl groups is 1. The molecule has 0 heterocycles. The maximum Gasteiger partial charge on any atom is 0.165 e. The normalized spacial score (nSPS) is 12.2. The summed E-state index contributed by atoms with van der Waals surface area (Å²) in [4.78, 5) is 0. The first-order chi connectivity index (χ1) is 9.61. The second-order valence-corrected chi connectivity index (χ2v) is 4.63. The fraction of sp³-hybridized carbons (Fsp3) is 0.250. The third kappa shape index (κ3) is 3.27. The van der Waals surface area contributed by atoms with Gasteiger partial charge in [0, 0.05) is 18.2 Å². The summed E-state index contributed by atoms with van der Waals surface area (Å²) in [6.45, 7) is 2.46. The van der Waals surface area contributed by atoms with E-state index in [0.717, 1.165) is 11.1 Å². The second kappa shape index (κ2) is 6.39. The van der Waals surface area contributed by atoms with Gasteiger partial charge in [0.15, 0.2) is 11.6 Å². The summed E-state index contributed by atoms with van der Waals surface area (Å²) in [6.07, 6.45) is 0. The zero-order valence-corrected chi connectivity index (χ0v) is 11.6. The van der Waals surface area contributed by atoms with Crippen LogP contribution in [0, 0.1) is 5.82 Å². The van der Waals surface area contributed by atoms with Crippen LogP contribution in [0.5, 0.6) is 11.5 Å². The van der Waals surface area contributed by atoms with Gasteiger partial charge in [-0.1, -0.05) is 24.3 Å². The fourth-order valence-corrected chi connectivity index (χ4v) is 1.99. The Labute approximate surface area is 118 Å². The van der Waals surface area contributed by atoms with Crippen LogP contribution in [-0.4, -0.2) is 12.2 Å². The summed E-state index contributed by atoms with van der Waals surface area (Å²) >= 11 is 0. The number of phenols is 1. The predicted octanol–water partition coefficient (Wildman–Crippen LogP) is 3.39. The van der Waals surface area contributed by atoms with E-state index in [1.54, 1.807) is 18.2 Å². The molecule has 106 valence electrons. The smallest absolute Gasteiger partial charge is 0.165 e. The molecule has 20 heavy (non-hydrogen) atoms. The molecule has 4 heteroatoms. The molecular weight excluding hydrogens is 257 g/mol. The predicted molar refractivity (Wildman–Crippen MR) is 76.3 cm³/mol. The Bertz CT molecular complexity index is 586. The number of nitrogens with one attached hydrogen (secondary N) is 1. The van der Waals surface area contributed by atoms with Crippen LogP contribution in [-0.2, 0) is 6.54 Å². The first-order valence-corrected chi connectivity index (χ1v) is 6.45. The highest BCUT2D eigenvalue weighted by molar-refractivity contribution is 5.33. The largest absolute Gasteiger partial charge is 0.508 e. The van der Waals surface area contributed by atoms with Crippen LogP contribution in [0.15, 0.2) is 42.5 Å². The monoisotopic (exact) mass is 275 g/mol. The lowest BCUT2D eigenvalue weighted by Gasteiger charge is -2.15. The Morgan fingerprint density at radius 2 is 2.00 bits per heavy atom. The maximum atomic E-state index is 13.6. The first kappa shape index (κ1) is 14.3. The molecule has 3 nitrogen and oxygen atoms in total. The van der Waals surface area contributed by atoms with Gasteiger partial charge in [0.2, 0.25) is 0 Å². The molecule has 0 aliphatic carbocycles. The average molecular weight is 275 g/mol. The van der Waals surface area contributed by atoms with Crippen molar-refractivity contribution in [3.8, 4) is 11.5 Å². The van der Waals surface area contributed by atoms with Crippen molar-refractivity contribution in [2.24, 2.45) is 0 Å². The summed E-state index contributed by atoms with van der Waals surface area (Å²) in [7, 11) is 1.44. The number of methoxy groups -OCH3 is 1. The minimum absolute atomic E-state index is 0.0324. The molecule has 0 saturated carbocycles. The number of para-hydroxylation sites is 1. The van der Waals surface area contributed by atoms with Gasteiger partial charge in [0.1, 0.15) is 5.75 Å². The Morgan fingerprint density at radius 1 is 1.25 bits per heavy atom. The van der Waals surface area contributed by atoms with Gasteiger partial charge < -0.3 is 15.2 Å². The van der Waals surface area contributed by atoms with Gasteiger partial charge in [-0.3, -0.25) is 0 Å². The molecule has 2 aromatic rings. The molecule has 0 aromatic heterocycles. The summed E-state index contributed by atoms with van der Waals surface area (Å²) in [5.74, 6) is 0.121. The van der Waals surface area contributed by atoms with Gasteiger partial charge in [-0.15, -0.1) is 0 Å². The van der Waals surface area contributed by atoms with Gasteiger partial charge in [0.25, 0.3) is 0 Å². The van der Waals surface area contributed by atoms with E-state index in [9.17, 15) is 9.50 Å². The Balaban J connectivity index is 2.03. The molecular formula is C16H18FNO2. The Hall–Kier alpha value is -2.07. The Kier molecular flexibility index (Phi) is 4.58. The number of phenolic OH excluding ortho intramolecular Hbond substituents is 1. The number of hydrogen-bond donors (Lipinski definition) is 2. The van der Waals surface area contributed by atoms with Gasteiger partial charge in [-0.05, 0) is 30.7 Å².